The zero-order valence-electron chi connectivity index (χ0n) is 8.74. The molecule has 0 spiro atoms. The molecule has 1 N–H and O–H groups in total. The maximum atomic E-state index is 12.9. The van der Waals surface area contributed by atoms with Gasteiger partial charge in [0, 0.05) is 4.90 Å². The Morgan fingerprint density at radius 1 is 1.62 bits per heavy atom. The lowest BCUT2D eigenvalue weighted by atomic mass is 10.2. The quantitative estimate of drug-likeness (QED) is 0.820. The smallest absolute Gasteiger partial charge is 0.316 e. The number of rotatable bonds is 5. The molecule has 1 aromatic rings. The maximum Gasteiger partial charge on any atom is 0.316 e. The van der Waals surface area contributed by atoms with Crippen LogP contribution in [0, 0.1) is 5.82 Å². The van der Waals surface area contributed by atoms with Crippen LogP contribution in [-0.4, -0.2) is 16.3 Å². The molecule has 0 bridgehead atoms. The number of hydrogen-bond acceptors (Lipinski definition) is 2. The summed E-state index contributed by atoms with van der Waals surface area (Å²) in [6.07, 6.45) is 1.37. The minimum atomic E-state index is -0.854. The SMILES string of the molecule is CCCC(Sc1ccc(F)c(Cl)c1)C(=O)O. The molecule has 0 aliphatic carbocycles. The van der Waals surface area contributed by atoms with Gasteiger partial charge in [0.25, 0.3) is 0 Å². The number of thioether (sulfide) groups is 1. The second-order valence-electron chi connectivity index (χ2n) is 3.31. The average molecular weight is 263 g/mol. The fourth-order valence-corrected chi connectivity index (χ4v) is 2.57. The van der Waals surface area contributed by atoms with Crippen LogP contribution in [-0.2, 0) is 4.79 Å². The van der Waals surface area contributed by atoms with Crippen LogP contribution in [0.5, 0.6) is 0 Å². The minimum Gasteiger partial charge on any atom is -0.480 e. The summed E-state index contributed by atoms with van der Waals surface area (Å²) >= 11 is 6.81. The zero-order valence-corrected chi connectivity index (χ0v) is 10.3. The van der Waals surface area contributed by atoms with Gasteiger partial charge in [0.1, 0.15) is 11.1 Å². The molecule has 0 aliphatic rings. The highest BCUT2D eigenvalue weighted by molar-refractivity contribution is 8.00. The molecule has 0 amide bonds. The lowest BCUT2D eigenvalue weighted by Gasteiger charge is -2.10. The fraction of sp³-hybridized carbons (Fsp3) is 0.364. The highest BCUT2D eigenvalue weighted by atomic mass is 35.5. The summed E-state index contributed by atoms with van der Waals surface area (Å²) in [6.45, 7) is 1.92. The van der Waals surface area contributed by atoms with E-state index in [-0.39, 0.29) is 5.02 Å². The molecule has 16 heavy (non-hydrogen) atoms. The van der Waals surface area contributed by atoms with E-state index < -0.39 is 17.0 Å². The van der Waals surface area contributed by atoms with Gasteiger partial charge >= 0.3 is 5.97 Å². The molecule has 88 valence electrons. The Bertz CT molecular complexity index is 384. The largest absolute Gasteiger partial charge is 0.480 e. The van der Waals surface area contributed by atoms with Crippen LogP contribution in [0.25, 0.3) is 0 Å². The Morgan fingerprint density at radius 2 is 2.31 bits per heavy atom. The van der Waals surface area contributed by atoms with E-state index in [1.54, 1.807) is 0 Å². The van der Waals surface area contributed by atoms with E-state index >= 15 is 0 Å². The zero-order chi connectivity index (χ0) is 12.1. The first-order valence-electron chi connectivity index (χ1n) is 4.89. The summed E-state index contributed by atoms with van der Waals surface area (Å²) in [5.41, 5.74) is 0. The third-order valence-corrected chi connectivity index (χ3v) is 3.53. The second kappa shape index (κ2) is 6.11. The third-order valence-electron chi connectivity index (χ3n) is 2.00. The van der Waals surface area contributed by atoms with Crippen molar-refractivity contribution in [3.8, 4) is 0 Å². The maximum absolute atomic E-state index is 12.9. The number of carboxylic acid groups (broad SMARTS) is 1. The van der Waals surface area contributed by atoms with Crippen LogP contribution >= 0.6 is 23.4 Å². The van der Waals surface area contributed by atoms with Gasteiger partial charge in [0.2, 0.25) is 0 Å². The van der Waals surface area contributed by atoms with Gasteiger partial charge in [-0.15, -0.1) is 11.8 Å². The van der Waals surface area contributed by atoms with Crippen LogP contribution in [0.2, 0.25) is 5.02 Å². The highest BCUT2D eigenvalue weighted by Gasteiger charge is 2.18. The van der Waals surface area contributed by atoms with Gasteiger partial charge in [-0.05, 0) is 24.6 Å². The molecular formula is C11H12ClFO2S. The average Bonchev–Trinajstić information content (AvgIpc) is 2.22. The fourth-order valence-electron chi connectivity index (χ4n) is 1.21. The van der Waals surface area contributed by atoms with E-state index in [9.17, 15) is 9.18 Å². The molecule has 0 radical (unpaired) electrons. The number of aliphatic carboxylic acids is 1. The van der Waals surface area contributed by atoms with E-state index in [1.807, 2.05) is 6.92 Å². The molecule has 1 atom stereocenters. The molecule has 0 saturated heterocycles. The monoisotopic (exact) mass is 262 g/mol. The molecular weight excluding hydrogens is 251 g/mol. The second-order valence-corrected chi connectivity index (χ2v) is 4.99. The molecule has 0 saturated carbocycles. The molecule has 1 aromatic carbocycles. The summed E-state index contributed by atoms with van der Waals surface area (Å²) in [4.78, 5) is 11.6. The van der Waals surface area contributed by atoms with Gasteiger partial charge in [-0.3, -0.25) is 4.79 Å². The first-order chi connectivity index (χ1) is 7.54. The molecule has 0 aliphatic heterocycles. The topological polar surface area (TPSA) is 37.3 Å². The normalized spacial score (nSPS) is 12.4. The van der Waals surface area contributed by atoms with Crippen molar-refractivity contribution in [3.05, 3.63) is 29.0 Å². The summed E-state index contributed by atoms with van der Waals surface area (Å²) in [6, 6.07) is 4.24. The number of hydrogen-bond donors (Lipinski definition) is 1. The van der Waals surface area contributed by atoms with Crippen LogP contribution in [0.3, 0.4) is 0 Å². The Labute approximate surface area is 103 Å². The highest BCUT2D eigenvalue weighted by Crippen LogP contribution is 2.29. The van der Waals surface area contributed by atoms with Gasteiger partial charge in [-0.1, -0.05) is 24.9 Å². The summed E-state index contributed by atoms with van der Waals surface area (Å²) in [7, 11) is 0. The van der Waals surface area contributed by atoms with Crippen LogP contribution < -0.4 is 0 Å². The van der Waals surface area contributed by atoms with E-state index in [1.165, 1.54) is 30.0 Å². The van der Waals surface area contributed by atoms with Crippen molar-refractivity contribution < 1.29 is 14.3 Å². The van der Waals surface area contributed by atoms with Crippen LogP contribution in [0.4, 0.5) is 4.39 Å². The molecule has 5 heteroatoms. The lowest BCUT2D eigenvalue weighted by Crippen LogP contribution is -2.15. The van der Waals surface area contributed by atoms with Crippen LogP contribution in [0.1, 0.15) is 19.8 Å². The van der Waals surface area contributed by atoms with Crippen molar-refractivity contribution in [3.63, 3.8) is 0 Å². The Morgan fingerprint density at radius 3 is 2.81 bits per heavy atom. The standard InChI is InChI=1S/C11H12ClFO2S/c1-2-3-10(11(14)15)16-7-4-5-9(13)8(12)6-7/h4-6,10H,2-3H2,1H3,(H,14,15). The van der Waals surface area contributed by atoms with Crippen molar-refractivity contribution >= 4 is 29.3 Å². The van der Waals surface area contributed by atoms with Gasteiger partial charge in [0.15, 0.2) is 0 Å². The van der Waals surface area contributed by atoms with Gasteiger partial charge in [0.05, 0.1) is 5.02 Å². The summed E-state index contributed by atoms with van der Waals surface area (Å²) < 4.78 is 12.9. The van der Waals surface area contributed by atoms with Gasteiger partial charge in [-0.2, -0.15) is 0 Å². The first-order valence-corrected chi connectivity index (χ1v) is 6.15. The molecule has 0 heterocycles. The lowest BCUT2D eigenvalue weighted by molar-refractivity contribution is -0.136. The Hall–Kier alpha value is -0.740. The third kappa shape index (κ3) is 3.68. The van der Waals surface area contributed by atoms with Crippen molar-refractivity contribution in [2.24, 2.45) is 0 Å². The summed E-state index contributed by atoms with van der Waals surface area (Å²) in [5.74, 6) is -1.35. The van der Waals surface area contributed by atoms with Gasteiger partial charge in [-0.25, -0.2) is 4.39 Å². The van der Waals surface area contributed by atoms with Crippen molar-refractivity contribution in [2.75, 3.05) is 0 Å². The summed E-state index contributed by atoms with van der Waals surface area (Å²) in [5, 5.41) is 8.47. The minimum absolute atomic E-state index is 0.0191. The number of halogens is 2. The van der Waals surface area contributed by atoms with Crippen molar-refractivity contribution in [1.82, 2.24) is 0 Å². The molecule has 2 nitrogen and oxygen atoms in total. The molecule has 1 rings (SSSR count). The molecule has 0 fully saturated rings. The van der Waals surface area contributed by atoms with E-state index in [4.69, 9.17) is 16.7 Å². The van der Waals surface area contributed by atoms with Crippen LogP contribution in [0.15, 0.2) is 23.1 Å². The van der Waals surface area contributed by atoms with E-state index in [2.05, 4.69) is 0 Å². The van der Waals surface area contributed by atoms with Gasteiger partial charge < -0.3 is 5.11 Å². The molecule has 1 unspecified atom stereocenters. The Kier molecular flexibility index (Phi) is 5.09. The number of carbonyl (C=O) groups is 1. The number of carboxylic acids is 1. The predicted octanol–water partition coefficient (Wildman–Crippen LogP) is 3.82. The first kappa shape index (κ1) is 13.3. The number of benzene rings is 1. The van der Waals surface area contributed by atoms with Crippen molar-refractivity contribution in [2.45, 2.75) is 29.9 Å². The predicted molar refractivity (Wildman–Crippen MR) is 63.6 cm³/mol. The Balaban J connectivity index is 2.77. The van der Waals surface area contributed by atoms with E-state index in [0.717, 1.165) is 6.42 Å². The molecule has 0 aromatic heterocycles. The van der Waals surface area contributed by atoms with Crippen molar-refractivity contribution in [1.29, 1.82) is 0 Å². The van der Waals surface area contributed by atoms with E-state index in [0.29, 0.717) is 11.3 Å².